The zero-order valence-electron chi connectivity index (χ0n) is 13.2. The molecule has 3 nitrogen and oxygen atoms in total. The van der Waals surface area contributed by atoms with Gasteiger partial charge in [0, 0.05) is 11.5 Å². The number of nitrogens with zero attached hydrogens (tertiary/aromatic N) is 1. The van der Waals surface area contributed by atoms with Crippen molar-refractivity contribution in [3.8, 4) is 0 Å². The first kappa shape index (κ1) is 17.6. The number of rotatable bonds is 3. The standard InChI is InChI=1S/C19H12F4N2O/c20-16-9-12(7-8-19(21,22)23)5-6-15(16)18(26)25-14-10-13-3-1-2-4-17(13)24-11-14/h1-11H,(H,25,26). The lowest BCUT2D eigenvalue weighted by Crippen LogP contribution is -2.14. The van der Waals surface area contributed by atoms with Crippen LogP contribution in [0.5, 0.6) is 0 Å². The van der Waals surface area contributed by atoms with Gasteiger partial charge in [-0.25, -0.2) is 4.39 Å². The first-order valence-corrected chi connectivity index (χ1v) is 7.53. The number of pyridine rings is 1. The SMILES string of the molecule is O=C(Nc1cnc2ccccc2c1)c1ccc(C=CC(F)(F)F)cc1F. The van der Waals surface area contributed by atoms with E-state index in [9.17, 15) is 22.4 Å². The number of aromatic nitrogens is 1. The molecule has 0 unspecified atom stereocenters. The van der Waals surface area contributed by atoms with Gasteiger partial charge in [-0.1, -0.05) is 24.3 Å². The third kappa shape index (κ3) is 4.24. The smallest absolute Gasteiger partial charge is 0.320 e. The molecule has 1 heterocycles. The van der Waals surface area contributed by atoms with Gasteiger partial charge in [0.25, 0.3) is 5.91 Å². The highest BCUT2D eigenvalue weighted by Crippen LogP contribution is 2.20. The molecule has 7 heteroatoms. The third-order valence-electron chi connectivity index (χ3n) is 3.55. The molecule has 1 amide bonds. The second-order valence-electron chi connectivity index (χ2n) is 5.49. The summed E-state index contributed by atoms with van der Waals surface area (Å²) in [7, 11) is 0. The van der Waals surface area contributed by atoms with Gasteiger partial charge in [0.15, 0.2) is 0 Å². The second-order valence-corrected chi connectivity index (χ2v) is 5.49. The highest BCUT2D eigenvalue weighted by Gasteiger charge is 2.22. The van der Waals surface area contributed by atoms with Crippen molar-refractivity contribution in [3.63, 3.8) is 0 Å². The molecule has 2 aromatic carbocycles. The summed E-state index contributed by atoms with van der Waals surface area (Å²) in [5.74, 6) is -1.63. The number of nitrogens with one attached hydrogen (secondary N) is 1. The number of hydrogen-bond donors (Lipinski definition) is 1. The van der Waals surface area contributed by atoms with Crippen LogP contribution in [0.25, 0.3) is 17.0 Å². The third-order valence-corrected chi connectivity index (χ3v) is 3.55. The zero-order chi connectivity index (χ0) is 18.7. The normalized spacial score (nSPS) is 11.8. The number of anilines is 1. The van der Waals surface area contributed by atoms with Crippen LogP contribution in [0.4, 0.5) is 23.2 Å². The van der Waals surface area contributed by atoms with Crippen molar-refractivity contribution in [1.82, 2.24) is 4.98 Å². The Morgan fingerprint density at radius 1 is 1.08 bits per heavy atom. The Balaban J connectivity index is 1.79. The Labute approximate surface area is 146 Å². The van der Waals surface area contributed by atoms with Gasteiger partial charge in [-0.2, -0.15) is 13.2 Å². The molecule has 0 bridgehead atoms. The Kier molecular flexibility index (Phi) is 4.71. The Morgan fingerprint density at radius 2 is 1.85 bits per heavy atom. The molecule has 0 aliphatic heterocycles. The Morgan fingerprint density at radius 3 is 2.58 bits per heavy atom. The topological polar surface area (TPSA) is 42.0 Å². The lowest BCUT2D eigenvalue weighted by molar-refractivity contribution is -0.0790. The van der Waals surface area contributed by atoms with Gasteiger partial charge >= 0.3 is 6.18 Å². The van der Waals surface area contributed by atoms with E-state index in [0.29, 0.717) is 5.69 Å². The van der Waals surface area contributed by atoms with E-state index in [4.69, 9.17) is 0 Å². The van der Waals surface area contributed by atoms with Gasteiger partial charge in [0.1, 0.15) is 5.82 Å². The molecule has 0 fully saturated rings. The average molecular weight is 360 g/mol. The molecule has 1 aromatic heterocycles. The molecule has 0 atom stereocenters. The maximum absolute atomic E-state index is 14.1. The molecule has 0 saturated heterocycles. The van der Waals surface area contributed by atoms with E-state index in [1.807, 2.05) is 24.3 Å². The largest absolute Gasteiger partial charge is 0.409 e. The van der Waals surface area contributed by atoms with Crippen LogP contribution in [0.2, 0.25) is 0 Å². The summed E-state index contributed by atoms with van der Waals surface area (Å²) in [6.45, 7) is 0. The van der Waals surface area contributed by atoms with Crippen LogP contribution in [0.3, 0.4) is 0 Å². The van der Waals surface area contributed by atoms with E-state index >= 15 is 0 Å². The summed E-state index contributed by atoms with van der Waals surface area (Å²) in [5.41, 5.74) is 0.859. The molecule has 0 radical (unpaired) electrons. The number of fused-ring (bicyclic) bond motifs is 1. The first-order chi connectivity index (χ1) is 12.3. The molecular weight excluding hydrogens is 348 g/mol. The van der Waals surface area contributed by atoms with Crippen LogP contribution >= 0.6 is 0 Å². The quantitative estimate of drug-likeness (QED) is 0.652. The summed E-state index contributed by atoms with van der Waals surface area (Å²) in [6, 6.07) is 12.2. The maximum Gasteiger partial charge on any atom is 0.409 e. The fourth-order valence-corrected chi connectivity index (χ4v) is 2.35. The van der Waals surface area contributed by atoms with Crippen molar-refractivity contribution in [2.45, 2.75) is 6.18 Å². The van der Waals surface area contributed by atoms with Gasteiger partial charge in [0.05, 0.1) is 23.0 Å². The number of benzene rings is 2. The minimum Gasteiger partial charge on any atom is -0.320 e. The number of halogens is 4. The fourth-order valence-electron chi connectivity index (χ4n) is 2.35. The molecule has 26 heavy (non-hydrogen) atoms. The van der Waals surface area contributed by atoms with Crippen molar-refractivity contribution in [3.05, 3.63) is 77.7 Å². The number of amides is 1. The van der Waals surface area contributed by atoms with Crippen molar-refractivity contribution in [1.29, 1.82) is 0 Å². The molecular formula is C19H12F4N2O. The number of carbonyl (C=O) groups excluding carboxylic acids is 1. The van der Waals surface area contributed by atoms with E-state index in [2.05, 4.69) is 10.3 Å². The number of allylic oxidation sites excluding steroid dienone is 1. The summed E-state index contributed by atoms with van der Waals surface area (Å²) in [6.07, 6.45) is -2.31. The lowest BCUT2D eigenvalue weighted by Gasteiger charge is -2.08. The van der Waals surface area contributed by atoms with E-state index in [1.54, 1.807) is 6.07 Å². The van der Waals surface area contributed by atoms with E-state index in [0.717, 1.165) is 29.1 Å². The van der Waals surface area contributed by atoms with Crippen molar-refractivity contribution in [2.24, 2.45) is 0 Å². The lowest BCUT2D eigenvalue weighted by atomic mass is 10.1. The van der Waals surface area contributed by atoms with Crippen LogP contribution in [0.15, 0.2) is 60.8 Å². The van der Waals surface area contributed by atoms with Crippen LogP contribution in [0, 0.1) is 5.82 Å². The highest BCUT2D eigenvalue weighted by atomic mass is 19.4. The summed E-state index contributed by atoms with van der Waals surface area (Å²) in [5, 5.41) is 3.33. The van der Waals surface area contributed by atoms with Crippen LogP contribution in [-0.2, 0) is 0 Å². The minimum absolute atomic E-state index is 0.00225. The van der Waals surface area contributed by atoms with Gasteiger partial charge in [-0.15, -0.1) is 0 Å². The second kappa shape index (κ2) is 6.95. The van der Waals surface area contributed by atoms with Crippen LogP contribution in [-0.4, -0.2) is 17.1 Å². The number of alkyl halides is 3. The molecule has 132 valence electrons. The van der Waals surface area contributed by atoms with Gasteiger partial charge < -0.3 is 5.32 Å². The predicted molar refractivity (Wildman–Crippen MR) is 91.2 cm³/mol. The molecule has 0 aliphatic carbocycles. The van der Waals surface area contributed by atoms with Crippen molar-refractivity contribution < 1.29 is 22.4 Å². The number of hydrogen-bond acceptors (Lipinski definition) is 2. The molecule has 0 aliphatic rings. The van der Waals surface area contributed by atoms with Crippen molar-refractivity contribution >= 4 is 28.6 Å². The average Bonchev–Trinajstić information content (AvgIpc) is 2.59. The van der Waals surface area contributed by atoms with Gasteiger partial charge in [-0.05, 0) is 35.9 Å². The van der Waals surface area contributed by atoms with Crippen LogP contribution < -0.4 is 5.32 Å². The van der Waals surface area contributed by atoms with E-state index in [-0.39, 0.29) is 17.2 Å². The Bertz CT molecular complexity index is 996. The van der Waals surface area contributed by atoms with Gasteiger partial charge in [0.2, 0.25) is 0 Å². The minimum atomic E-state index is -4.49. The molecule has 3 aromatic rings. The summed E-state index contributed by atoms with van der Waals surface area (Å²) in [4.78, 5) is 16.4. The highest BCUT2D eigenvalue weighted by molar-refractivity contribution is 6.05. The van der Waals surface area contributed by atoms with E-state index in [1.165, 1.54) is 12.3 Å². The van der Waals surface area contributed by atoms with Gasteiger partial charge in [-0.3, -0.25) is 9.78 Å². The van der Waals surface area contributed by atoms with Crippen LogP contribution in [0.1, 0.15) is 15.9 Å². The fraction of sp³-hybridized carbons (Fsp3) is 0.0526. The predicted octanol–water partition coefficient (Wildman–Crippen LogP) is 5.20. The molecule has 1 N–H and O–H groups in total. The molecule has 3 rings (SSSR count). The number of carbonyl (C=O) groups is 1. The molecule has 0 spiro atoms. The zero-order valence-corrected chi connectivity index (χ0v) is 13.2. The summed E-state index contributed by atoms with van der Waals surface area (Å²) < 4.78 is 50.5. The summed E-state index contributed by atoms with van der Waals surface area (Å²) >= 11 is 0. The monoisotopic (exact) mass is 360 g/mol. The Hall–Kier alpha value is -3.22. The van der Waals surface area contributed by atoms with E-state index < -0.39 is 17.9 Å². The maximum atomic E-state index is 14.1. The molecule has 0 saturated carbocycles. The van der Waals surface area contributed by atoms with Crippen molar-refractivity contribution in [2.75, 3.05) is 5.32 Å². The first-order valence-electron chi connectivity index (χ1n) is 7.53. The number of para-hydroxylation sites is 1.